The number of amides is 1. The van der Waals surface area contributed by atoms with Crippen molar-refractivity contribution in [1.82, 2.24) is 14.5 Å². The molecule has 0 aliphatic carbocycles. The fourth-order valence-corrected chi connectivity index (χ4v) is 4.04. The minimum Gasteiger partial charge on any atom is -0.394 e. The molecule has 0 bridgehead atoms. The number of carbonyl (C=O) groups is 1. The SMILES string of the molecule is C[C@]1(O)C(n2cc3c4c(ncnc42)NC(=O)c2ccccc2-3)O[C@H](CO)[C@H]1O. The van der Waals surface area contributed by atoms with E-state index in [0.29, 0.717) is 33.5 Å². The summed E-state index contributed by atoms with van der Waals surface area (Å²) in [5.74, 6) is 0.0927. The fraction of sp³-hybridized carbons (Fsp3) is 0.316. The van der Waals surface area contributed by atoms with E-state index in [1.807, 2.05) is 12.1 Å². The van der Waals surface area contributed by atoms with Crippen molar-refractivity contribution in [3.63, 3.8) is 0 Å². The van der Waals surface area contributed by atoms with Gasteiger partial charge in [0.15, 0.2) is 6.23 Å². The lowest BCUT2D eigenvalue weighted by atomic mass is 9.96. The number of aromatic nitrogens is 3. The molecule has 3 aromatic rings. The van der Waals surface area contributed by atoms with Gasteiger partial charge in [-0.2, -0.15) is 0 Å². The first kappa shape index (κ1) is 17.3. The maximum atomic E-state index is 12.6. The summed E-state index contributed by atoms with van der Waals surface area (Å²) >= 11 is 0. The van der Waals surface area contributed by atoms with Crippen LogP contribution in [0.15, 0.2) is 36.8 Å². The lowest BCUT2D eigenvalue weighted by molar-refractivity contribution is -0.0948. The summed E-state index contributed by atoms with van der Waals surface area (Å²) in [7, 11) is 0. The predicted molar refractivity (Wildman–Crippen MR) is 98.5 cm³/mol. The summed E-state index contributed by atoms with van der Waals surface area (Å²) in [4.78, 5) is 21.1. The molecule has 2 aliphatic rings. The lowest BCUT2D eigenvalue weighted by Crippen LogP contribution is -2.44. The van der Waals surface area contributed by atoms with Crippen LogP contribution in [-0.2, 0) is 4.74 Å². The number of hydrogen-bond acceptors (Lipinski definition) is 7. The number of ether oxygens (including phenoxy) is 1. The van der Waals surface area contributed by atoms with Gasteiger partial charge < -0.3 is 29.9 Å². The quantitative estimate of drug-likeness (QED) is 0.512. The van der Waals surface area contributed by atoms with Crippen LogP contribution in [0.1, 0.15) is 23.5 Å². The van der Waals surface area contributed by atoms with Gasteiger partial charge in [-0.3, -0.25) is 4.79 Å². The molecule has 2 aliphatic heterocycles. The second kappa shape index (κ2) is 5.82. The Hall–Kier alpha value is -2.85. The molecular formula is C19H18N4O5. The van der Waals surface area contributed by atoms with E-state index < -0.39 is 30.6 Å². The monoisotopic (exact) mass is 382 g/mol. The van der Waals surface area contributed by atoms with Crippen molar-refractivity contribution in [2.24, 2.45) is 0 Å². The van der Waals surface area contributed by atoms with Crippen LogP contribution in [-0.4, -0.2) is 60.2 Å². The molecule has 1 unspecified atom stereocenters. The Morgan fingerprint density at radius 3 is 2.71 bits per heavy atom. The minimum atomic E-state index is -1.66. The molecule has 0 spiro atoms. The molecule has 2 aromatic heterocycles. The number of aliphatic hydroxyl groups excluding tert-OH is 2. The molecule has 1 fully saturated rings. The fourth-order valence-electron chi connectivity index (χ4n) is 4.04. The number of benzene rings is 1. The first-order valence-electron chi connectivity index (χ1n) is 8.86. The summed E-state index contributed by atoms with van der Waals surface area (Å²) in [6, 6.07) is 7.16. The van der Waals surface area contributed by atoms with E-state index in [4.69, 9.17) is 4.74 Å². The molecule has 4 heterocycles. The highest BCUT2D eigenvalue weighted by molar-refractivity contribution is 6.17. The molecule has 0 saturated carbocycles. The molecule has 4 N–H and O–H groups in total. The van der Waals surface area contributed by atoms with E-state index in [9.17, 15) is 20.1 Å². The van der Waals surface area contributed by atoms with Gasteiger partial charge in [-0.1, -0.05) is 18.2 Å². The van der Waals surface area contributed by atoms with E-state index in [0.717, 1.165) is 0 Å². The van der Waals surface area contributed by atoms with Gasteiger partial charge in [-0.25, -0.2) is 9.97 Å². The third-order valence-corrected chi connectivity index (χ3v) is 5.49. The number of rotatable bonds is 2. The molecule has 1 saturated heterocycles. The standard InChI is InChI=1S/C19H18N4O5/c1-19(27)14(25)12(7-24)28-18(19)23-6-11-9-4-2-3-5-10(9)17(26)22-15-13(11)16(23)21-8-20-15/h2-6,8,12,14,18,24-25,27H,7H2,1H3,(H,20,21,22,26)/t12-,14-,18?,19-/m1/s1. The van der Waals surface area contributed by atoms with Crippen LogP contribution in [0.25, 0.3) is 22.2 Å². The summed E-state index contributed by atoms with van der Waals surface area (Å²) < 4.78 is 7.37. The van der Waals surface area contributed by atoms with Gasteiger partial charge in [0.1, 0.15) is 35.6 Å². The second-order valence-corrected chi connectivity index (χ2v) is 7.25. The summed E-state index contributed by atoms with van der Waals surface area (Å²) in [6.07, 6.45) is -0.140. The molecule has 0 radical (unpaired) electrons. The Morgan fingerprint density at radius 2 is 2.00 bits per heavy atom. The minimum absolute atomic E-state index is 0.266. The summed E-state index contributed by atoms with van der Waals surface area (Å²) in [6.45, 7) is 1.02. The third-order valence-electron chi connectivity index (χ3n) is 5.49. The van der Waals surface area contributed by atoms with Crippen molar-refractivity contribution in [2.45, 2.75) is 31.0 Å². The molecular weight excluding hydrogens is 364 g/mol. The number of aliphatic hydroxyl groups is 3. The van der Waals surface area contributed by atoms with Crippen LogP contribution in [0.4, 0.5) is 5.82 Å². The molecule has 9 nitrogen and oxygen atoms in total. The van der Waals surface area contributed by atoms with Gasteiger partial charge >= 0.3 is 0 Å². The van der Waals surface area contributed by atoms with Crippen LogP contribution < -0.4 is 5.32 Å². The van der Waals surface area contributed by atoms with E-state index in [2.05, 4.69) is 15.3 Å². The highest BCUT2D eigenvalue weighted by atomic mass is 16.6. The number of hydrogen-bond donors (Lipinski definition) is 4. The first-order valence-corrected chi connectivity index (χ1v) is 8.86. The average molecular weight is 382 g/mol. The molecule has 5 rings (SSSR count). The normalized spacial score (nSPS) is 28.9. The Labute approximate surface area is 159 Å². The van der Waals surface area contributed by atoms with Crippen molar-refractivity contribution in [2.75, 3.05) is 11.9 Å². The third kappa shape index (κ3) is 2.18. The Bertz CT molecular complexity index is 1110. The smallest absolute Gasteiger partial charge is 0.257 e. The van der Waals surface area contributed by atoms with Crippen molar-refractivity contribution in [3.05, 3.63) is 42.4 Å². The molecule has 9 heteroatoms. The molecule has 28 heavy (non-hydrogen) atoms. The van der Waals surface area contributed by atoms with Gasteiger partial charge in [0.2, 0.25) is 0 Å². The van der Waals surface area contributed by atoms with Gasteiger partial charge in [-0.05, 0) is 18.6 Å². The topological polar surface area (TPSA) is 130 Å². The van der Waals surface area contributed by atoms with Gasteiger partial charge in [0.25, 0.3) is 5.91 Å². The van der Waals surface area contributed by atoms with Crippen molar-refractivity contribution in [1.29, 1.82) is 0 Å². The second-order valence-electron chi connectivity index (χ2n) is 7.25. The van der Waals surface area contributed by atoms with Crippen LogP contribution in [0.2, 0.25) is 0 Å². The zero-order valence-corrected chi connectivity index (χ0v) is 14.9. The first-order chi connectivity index (χ1) is 13.4. The van der Waals surface area contributed by atoms with Crippen molar-refractivity contribution < 1.29 is 24.9 Å². The largest absolute Gasteiger partial charge is 0.394 e. The highest BCUT2D eigenvalue weighted by Crippen LogP contribution is 2.44. The number of carbonyl (C=O) groups excluding carboxylic acids is 1. The van der Waals surface area contributed by atoms with E-state index in [1.54, 1.807) is 22.9 Å². The zero-order chi connectivity index (χ0) is 19.6. The molecule has 4 atom stereocenters. The molecule has 1 amide bonds. The number of nitrogens with zero attached hydrogens (tertiary/aromatic N) is 3. The number of nitrogens with one attached hydrogen (secondary N) is 1. The zero-order valence-electron chi connectivity index (χ0n) is 14.9. The van der Waals surface area contributed by atoms with Gasteiger partial charge in [-0.15, -0.1) is 0 Å². The Kier molecular flexibility index (Phi) is 3.59. The molecule has 1 aromatic carbocycles. The van der Waals surface area contributed by atoms with Crippen LogP contribution in [0, 0.1) is 0 Å². The summed E-state index contributed by atoms with van der Waals surface area (Å²) in [5.41, 5.74) is 0.685. The summed E-state index contributed by atoms with van der Waals surface area (Å²) in [5, 5.41) is 34.1. The van der Waals surface area contributed by atoms with E-state index in [-0.39, 0.29) is 5.91 Å². The maximum absolute atomic E-state index is 12.6. The van der Waals surface area contributed by atoms with Crippen LogP contribution in [0.5, 0.6) is 0 Å². The lowest BCUT2D eigenvalue weighted by Gasteiger charge is -2.27. The van der Waals surface area contributed by atoms with Crippen molar-refractivity contribution in [3.8, 4) is 11.1 Å². The van der Waals surface area contributed by atoms with E-state index >= 15 is 0 Å². The van der Waals surface area contributed by atoms with E-state index in [1.165, 1.54) is 13.3 Å². The van der Waals surface area contributed by atoms with Crippen molar-refractivity contribution >= 4 is 22.8 Å². The average Bonchev–Trinajstić information content (AvgIpc) is 3.13. The Balaban J connectivity index is 1.78. The van der Waals surface area contributed by atoms with Gasteiger partial charge in [0, 0.05) is 17.3 Å². The van der Waals surface area contributed by atoms with Crippen LogP contribution in [0.3, 0.4) is 0 Å². The number of anilines is 1. The predicted octanol–water partition coefficient (Wildman–Crippen LogP) is 0.666. The maximum Gasteiger partial charge on any atom is 0.257 e. The van der Waals surface area contributed by atoms with Gasteiger partial charge in [0.05, 0.1) is 12.0 Å². The highest BCUT2D eigenvalue weighted by Gasteiger charge is 2.53. The molecule has 144 valence electrons. The Morgan fingerprint density at radius 1 is 1.25 bits per heavy atom. The van der Waals surface area contributed by atoms with Crippen LogP contribution >= 0.6 is 0 Å². The number of fused-ring (bicyclic) bond motifs is 2.